The summed E-state index contributed by atoms with van der Waals surface area (Å²) in [7, 11) is 1.58. The van der Waals surface area contributed by atoms with Gasteiger partial charge in [-0.2, -0.15) is 0 Å². The molecule has 0 aliphatic carbocycles. The van der Waals surface area contributed by atoms with Crippen molar-refractivity contribution in [1.29, 1.82) is 0 Å². The molecule has 1 aliphatic rings. The van der Waals surface area contributed by atoms with E-state index < -0.39 is 6.04 Å². The maximum atomic E-state index is 13.5. The molecule has 170 valence electrons. The van der Waals surface area contributed by atoms with Crippen LogP contribution in [0.25, 0.3) is 0 Å². The smallest absolute Gasteiger partial charge is 0.252 e. The van der Waals surface area contributed by atoms with E-state index in [1.165, 1.54) is 0 Å². The van der Waals surface area contributed by atoms with E-state index in [0.29, 0.717) is 24.4 Å². The molecule has 33 heavy (non-hydrogen) atoms. The molecule has 0 aromatic heterocycles. The van der Waals surface area contributed by atoms with Gasteiger partial charge in [-0.3, -0.25) is 9.59 Å². The average Bonchev–Trinajstić information content (AvgIpc) is 2.88. The van der Waals surface area contributed by atoms with Gasteiger partial charge in [-0.05, 0) is 42.0 Å². The first-order valence-electron chi connectivity index (χ1n) is 11.1. The van der Waals surface area contributed by atoms with Gasteiger partial charge in [0, 0.05) is 31.5 Å². The van der Waals surface area contributed by atoms with Crippen molar-refractivity contribution in [2.45, 2.75) is 25.0 Å². The molecule has 0 radical (unpaired) electrons. The van der Waals surface area contributed by atoms with Gasteiger partial charge in [-0.1, -0.05) is 48.5 Å². The Morgan fingerprint density at radius 3 is 2.06 bits per heavy atom. The number of nitrogens with one attached hydrogen (secondary N) is 1. The Labute approximate surface area is 194 Å². The lowest BCUT2D eigenvalue weighted by Gasteiger charge is -2.34. The van der Waals surface area contributed by atoms with Crippen molar-refractivity contribution < 1.29 is 19.1 Å². The lowest BCUT2D eigenvalue weighted by atomic mass is 10.0. The second kappa shape index (κ2) is 10.7. The number of rotatable bonds is 7. The third kappa shape index (κ3) is 5.71. The molecule has 1 aliphatic heterocycles. The zero-order valence-corrected chi connectivity index (χ0v) is 18.6. The number of ether oxygens (including phenoxy) is 2. The van der Waals surface area contributed by atoms with Gasteiger partial charge >= 0.3 is 0 Å². The van der Waals surface area contributed by atoms with Crippen LogP contribution in [0.5, 0.6) is 11.5 Å². The van der Waals surface area contributed by atoms with Crippen LogP contribution in [0.3, 0.4) is 0 Å². The maximum Gasteiger partial charge on any atom is 0.252 e. The molecule has 3 aromatic carbocycles. The molecule has 1 atom stereocenters. The highest BCUT2D eigenvalue weighted by Crippen LogP contribution is 2.23. The molecule has 1 N–H and O–H groups in total. The van der Waals surface area contributed by atoms with Crippen LogP contribution in [0.2, 0.25) is 0 Å². The first-order valence-corrected chi connectivity index (χ1v) is 11.1. The highest BCUT2D eigenvalue weighted by molar-refractivity contribution is 5.98. The summed E-state index contributed by atoms with van der Waals surface area (Å²) in [4.78, 5) is 28.2. The number of para-hydroxylation sites is 1. The third-order valence-corrected chi connectivity index (χ3v) is 5.81. The molecule has 0 unspecified atom stereocenters. The van der Waals surface area contributed by atoms with Gasteiger partial charge in [0.05, 0.1) is 7.11 Å². The minimum atomic E-state index is -0.757. The van der Waals surface area contributed by atoms with E-state index in [2.05, 4.69) is 5.32 Å². The Kier molecular flexibility index (Phi) is 7.25. The van der Waals surface area contributed by atoms with Gasteiger partial charge in [0.2, 0.25) is 5.91 Å². The molecule has 0 spiro atoms. The summed E-state index contributed by atoms with van der Waals surface area (Å²) in [5, 5.41) is 2.93. The van der Waals surface area contributed by atoms with Crippen LogP contribution in [0.15, 0.2) is 84.9 Å². The van der Waals surface area contributed by atoms with Gasteiger partial charge in [0.1, 0.15) is 23.6 Å². The normalized spacial score (nSPS) is 14.9. The molecule has 2 amide bonds. The first-order chi connectivity index (χ1) is 16.1. The summed E-state index contributed by atoms with van der Waals surface area (Å²) in [5.41, 5.74) is 1.23. The maximum absolute atomic E-state index is 13.5. The molecular formula is C27H28N2O4. The molecule has 6 heteroatoms. The number of likely N-dealkylation sites (tertiary alicyclic amines) is 1. The highest BCUT2D eigenvalue weighted by atomic mass is 16.5. The summed E-state index contributed by atoms with van der Waals surface area (Å²) in [6.45, 7) is 1.16. The number of piperidine rings is 1. The predicted molar refractivity (Wildman–Crippen MR) is 126 cm³/mol. The van der Waals surface area contributed by atoms with Crippen molar-refractivity contribution >= 4 is 11.8 Å². The SMILES string of the molecule is COc1ccc(C(=O)N[C@@H](C(=O)N2CCC(Oc3ccccc3)CC2)c2ccccc2)cc1. The molecule has 0 saturated carbocycles. The number of amides is 2. The van der Waals surface area contributed by atoms with Crippen LogP contribution >= 0.6 is 0 Å². The van der Waals surface area contributed by atoms with Gasteiger partial charge in [0.15, 0.2) is 0 Å². The molecule has 6 nitrogen and oxygen atoms in total. The van der Waals surface area contributed by atoms with Crippen molar-refractivity contribution in [2.75, 3.05) is 20.2 Å². The van der Waals surface area contributed by atoms with E-state index in [-0.39, 0.29) is 17.9 Å². The predicted octanol–water partition coefficient (Wildman–Crippen LogP) is 4.24. The number of nitrogens with zero attached hydrogens (tertiary/aromatic N) is 1. The number of carbonyl (C=O) groups is 2. The van der Waals surface area contributed by atoms with Crippen molar-refractivity contribution in [3.8, 4) is 11.5 Å². The van der Waals surface area contributed by atoms with E-state index in [0.717, 1.165) is 24.2 Å². The molecule has 1 fully saturated rings. The second-order valence-electron chi connectivity index (χ2n) is 8.00. The molecule has 1 saturated heterocycles. The summed E-state index contributed by atoms with van der Waals surface area (Å²) < 4.78 is 11.2. The van der Waals surface area contributed by atoms with Gasteiger partial charge in [-0.25, -0.2) is 0 Å². The van der Waals surface area contributed by atoms with Crippen LogP contribution in [-0.2, 0) is 4.79 Å². The van der Waals surface area contributed by atoms with Crippen molar-refractivity contribution in [3.05, 3.63) is 96.1 Å². The van der Waals surface area contributed by atoms with Crippen molar-refractivity contribution in [3.63, 3.8) is 0 Å². The topological polar surface area (TPSA) is 67.9 Å². The number of methoxy groups -OCH3 is 1. The van der Waals surface area contributed by atoms with Crippen LogP contribution in [0.1, 0.15) is 34.8 Å². The van der Waals surface area contributed by atoms with Crippen LogP contribution in [0.4, 0.5) is 0 Å². The highest BCUT2D eigenvalue weighted by Gasteiger charge is 2.31. The van der Waals surface area contributed by atoms with E-state index in [9.17, 15) is 9.59 Å². The fourth-order valence-electron chi connectivity index (χ4n) is 3.96. The number of carbonyl (C=O) groups excluding carboxylic acids is 2. The summed E-state index contributed by atoms with van der Waals surface area (Å²) in [5.74, 6) is 1.10. The van der Waals surface area contributed by atoms with E-state index in [1.807, 2.05) is 65.6 Å². The van der Waals surface area contributed by atoms with E-state index >= 15 is 0 Å². The zero-order chi connectivity index (χ0) is 23.0. The lowest BCUT2D eigenvalue weighted by molar-refractivity contribution is -0.135. The quantitative estimate of drug-likeness (QED) is 0.592. The molecule has 4 rings (SSSR count). The largest absolute Gasteiger partial charge is 0.497 e. The zero-order valence-electron chi connectivity index (χ0n) is 18.6. The Morgan fingerprint density at radius 2 is 1.45 bits per heavy atom. The number of hydrogen-bond donors (Lipinski definition) is 1. The Bertz CT molecular complexity index is 1050. The monoisotopic (exact) mass is 444 g/mol. The fourth-order valence-corrected chi connectivity index (χ4v) is 3.96. The van der Waals surface area contributed by atoms with Gasteiger partial charge < -0.3 is 19.7 Å². The molecule has 1 heterocycles. The van der Waals surface area contributed by atoms with E-state index in [4.69, 9.17) is 9.47 Å². The fraction of sp³-hybridized carbons (Fsp3) is 0.259. The number of hydrogen-bond acceptors (Lipinski definition) is 4. The lowest BCUT2D eigenvalue weighted by Crippen LogP contribution is -2.47. The van der Waals surface area contributed by atoms with Crippen molar-refractivity contribution in [1.82, 2.24) is 10.2 Å². The molecule has 0 bridgehead atoms. The minimum Gasteiger partial charge on any atom is -0.497 e. The Balaban J connectivity index is 1.43. The minimum absolute atomic E-state index is 0.0699. The van der Waals surface area contributed by atoms with E-state index in [1.54, 1.807) is 31.4 Å². The van der Waals surface area contributed by atoms with Gasteiger partial charge in [-0.15, -0.1) is 0 Å². The van der Waals surface area contributed by atoms with Crippen molar-refractivity contribution in [2.24, 2.45) is 0 Å². The Morgan fingerprint density at radius 1 is 0.848 bits per heavy atom. The van der Waals surface area contributed by atoms with Crippen LogP contribution in [-0.4, -0.2) is 43.0 Å². The average molecular weight is 445 g/mol. The summed E-state index contributed by atoms with van der Waals surface area (Å²) in [6.07, 6.45) is 1.56. The number of benzene rings is 3. The standard InChI is InChI=1S/C27H28N2O4/c1-32-22-14-12-21(13-15-22)26(30)28-25(20-8-4-2-5-9-20)27(31)29-18-16-24(17-19-29)33-23-10-6-3-7-11-23/h2-15,24-25H,16-19H2,1H3,(H,28,30)/t25-/m1/s1. The third-order valence-electron chi connectivity index (χ3n) is 5.81. The molecule has 3 aromatic rings. The van der Waals surface area contributed by atoms with Crippen LogP contribution in [0, 0.1) is 0 Å². The molecular weight excluding hydrogens is 416 g/mol. The summed E-state index contributed by atoms with van der Waals surface area (Å²) >= 11 is 0. The van der Waals surface area contributed by atoms with Gasteiger partial charge in [0.25, 0.3) is 5.91 Å². The second-order valence-corrected chi connectivity index (χ2v) is 8.00. The summed E-state index contributed by atoms with van der Waals surface area (Å²) in [6, 6.07) is 25.2. The first kappa shape index (κ1) is 22.4. The Hall–Kier alpha value is -3.80. The van der Waals surface area contributed by atoms with Crippen LogP contribution < -0.4 is 14.8 Å².